The number of aromatic nitrogens is 2. The molecule has 1 aliphatic heterocycles. The van der Waals surface area contributed by atoms with Gasteiger partial charge < -0.3 is 23.9 Å². The highest BCUT2D eigenvalue weighted by Gasteiger charge is 2.37. The zero-order valence-corrected chi connectivity index (χ0v) is 18.5. The zero-order valence-electron chi connectivity index (χ0n) is 18.5. The molecule has 1 unspecified atom stereocenters. The summed E-state index contributed by atoms with van der Waals surface area (Å²) >= 11 is 0. The number of aryl methyl sites for hydroxylation is 1. The SMILES string of the molecule is CCc1noc(COCC(=O)N[C@@H]2CCN(C(=O)C(C)c3cc4ccccc4o3)[C@@H]2C)n1. The first-order chi connectivity index (χ1) is 15.5. The third kappa shape index (κ3) is 4.67. The Balaban J connectivity index is 1.28. The Morgan fingerprint density at radius 3 is 2.91 bits per heavy atom. The Labute approximate surface area is 186 Å². The van der Waals surface area contributed by atoms with Gasteiger partial charge in [-0.25, -0.2) is 0 Å². The molecule has 2 aromatic heterocycles. The van der Waals surface area contributed by atoms with Crippen molar-refractivity contribution in [1.82, 2.24) is 20.4 Å². The number of furan rings is 1. The Kier molecular flexibility index (Phi) is 6.55. The number of nitrogens with one attached hydrogen (secondary N) is 1. The molecule has 0 bridgehead atoms. The molecule has 0 radical (unpaired) electrons. The van der Waals surface area contributed by atoms with E-state index in [0.717, 1.165) is 11.0 Å². The van der Waals surface area contributed by atoms with Gasteiger partial charge in [0.25, 0.3) is 5.89 Å². The van der Waals surface area contributed by atoms with Crippen LogP contribution in [0.15, 0.2) is 39.3 Å². The van der Waals surface area contributed by atoms with Crippen LogP contribution in [0, 0.1) is 0 Å². The molecule has 4 rings (SSSR count). The monoisotopic (exact) mass is 440 g/mol. The summed E-state index contributed by atoms with van der Waals surface area (Å²) in [5.74, 6) is 0.959. The second kappa shape index (κ2) is 9.52. The highest BCUT2D eigenvalue weighted by molar-refractivity contribution is 5.86. The lowest BCUT2D eigenvalue weighted by molar-refractivity contribution is -0.134. The molecule has 3 heterocycles. The Morgan fingerprint density at radius 2 is 2.16 bits per heavy atom. The average Bonchev–Trinajstić information content (AvgIpc) is 3.51. The standard InChI is InChI=1S/C23H28N4O5/c1-4-20-25-22(32-26-20)13-30-12-21(28)24-17-9-10-27(15(17)3)23(29)14(2)19-11-16-7-5-6-8-18(16)31-19/h5-8,11,14-15,17H,4,9-10,12-13H2,1-3H3,(H,24,28)/t14?,15-,17-/m1/s1. The highest BCUT2D eigenvalue weighted by atomic mass is 16.5. The van der Waals surface area contributed by atoms with Crippen LogP contribution in [0.4, 0.5) is 0 Å². The molecule has 0 aliphatic carbocycles. The van der Waals surface area contributed by atoms with Gasteiger partial charge in [-0.1, -0.05) is 30.3 Å². The summed E-state index contributed by atoms with van der Waals surface area (Å²) in [6, 6.07) is 9.37. The van der Waals surface area contributed by atoms with E-state index in [1.165, 1.54) is 0 Å². The Bertz CT molecular complexity index is 1060. The minimum atomic E-state index is -0.398. The van der Waals surface area contributed by atoms with Crippen LogP contribution in [0.3, 0.4) is 0 Å². The molecule has 9 heteroatoms. The highest BCUT2D eigenvalue weighted by Crippen LogP contribution is 2.29. The van der Waals surface area contributed by atoms with E-state index in [1.807, 2.05) is 56.0 Å². The van der Waals surface area contributed by atoms with Crippen molar-refractivity contribution in [1.29, 1.82) is 0 Å². The quantitative estimate of drug-likeness (QED) is 0.573. The first-order valence-corrected chi connectivity index (χ1v) is 10.9. The Morgan fingerprint density at radius 1 is 1.34 bits per heavy atom. The maximum atomic E-state index is 13.1. The summed E-state index contributed by atoms with van der Waals surface area (Å²) in [7, 11) is 0. The summed E-state index contributed by atoms with van der Waals surface area (Å²) in [5.41, 5.74) is 0.771. The van der Waals surface area contributed by atoms with E-state index in [-0.39, 0.29) is 37.1 Å². The van der Waals surface area contributed by atoms with E-state index in [4.69, 9.17) is 13.7 Å². The van der Waals surface area contributed by atoms with Crippen LogP contribution in [0.2, 0.25) is 0 Å². The van der Waals surface area contributed by atoms with E-state index in [9.17, 15) is 9.59 Å². The molecule has 170 valence electrons. The molecule has 3 atom stereocenters. The molecule has 32 heavy (non-hydrogen) atoms. The largest absolute Gasteiger partial charge is 0.460 e. The summed E-state index contributed by atoms with van der Waals surface area (Å²) in [5, 5.41) is 7.74. The van der Waals surface area contributed by atoms with Crippen molar-refractivity contribution >= 4 is 22.8 Å². The van der Waals surface area contributed by atoms with Crippen LogP contribution in [-0.4, -0.2) is 52.1 Å². The summed E-state index contributed by atoms with van der Waals surface area (Å²) in [6.07, 6.45) is 1.36. The van der Waals surface area contributed by atoms with Crippen molar-refractivity contribution in [2.24, 2.45) is 0 Å². The number of fused-ring (bicyclic) bond motifs is 1. The third-order valence-electron chi connectivity index (χ3n) is 5.91. The second-order valence-electron chi connectivity index (χ2n) is 8.09. The van der Waals surface area contributed by atoms with Crippen molar-refractivity contribution in [3.63, 3.8) is 0 Å². The molecule has 2 amide bonds. The van der Waals surface area contributed by atoms with Crippen molar-refractivity contribution < 1.29 is 23.3 Å². The second-order valence-corrected chi connectivity index (χ2v) is 8.09. The predicted molar refractivity (Wildman–Crippen MR) is 116 cm³/mol. The normalized spacial score (nSPS) is 19.4. The minimum absolute atomic E-state index is 0.00678. The maximum Gasteiger partial charge on any atom is 0.252 e. The molecule has 1 saturated heterocycles. The number of rotatable bonds is 8. The van der Waals surface area contributed by atoms with E-state index in [1.54, 1.807) is 0 Å². The molecule has 1 aliphatic rings. The van der Waals surface area contributed by atoms with Crippen LogP contribution in [-0.2, 0) is 27.4 Å². The lowest BCUT2D eigenvalue weighted by Crippen LogP contribution is -2.46. The molecule has 1 aromatic carbocycles. The van der Waals surface area contributed by atoms with Gasteiger partial charge in [0.05, 0.1) is 12.0 Å². The van der Waals surface area contributed by atoms with Crippen molar-refractivity contribution in [3.05, 3.63) is 47.8 Å². The first kappa shape index (κ1) is 22.0. The van der Waals surface area contributed by atoms with Gasteiger partial charge >= 0.3 is 0 Å². The predicted octanol–water partition coefficient (Wildman–Crippen LogP) is 2.80. The van der Waals surface area contributed by atoms with Gasteiger partial charge in [-0.05, 0) is 32.4 Å². The number of carbonyl (C=O) groups is 2. The minimum Gasteiger partial charge on any atom is -0.460 e. The van der Waals surface area contributed by atoms with E-state index < -0.39 is 5.92 Å². The molecular formula is C23H28N4O5. The van der Waals surface area contributed by atoms with Crippen molar-refractivity contribution in [3.8, 4) is 0 Å². The number of para-hydroxylation sites is 1. The number of ether oxygens (including phenoxy) is 1. The fourth-order valence-electron chi connectivity index (χ4n) is 4.00. The van der Waals surface area contributed by atoms with Gasteiger partial charge in [-0.15, -0.1) is 0 Å². The number of hydrogen-bond acceptors (Lipinski definition) is 7. The van der Waals surface area contributed by atoms with Crippen LogP contribution in [0.25, 0.3) is 11.0 Å². The molecule has 3 aromatic rings. The van der Waals surface area contributed by atoms with Crippen LogP contribution >= 0.6 is 0 Å². The third-order valence-corrected chi connectivity index (χ3v) is 5.91. The number of likely N-dealkylation sites (tertiary alicyclic amines) is 1. The van der Waals surface area contributed by atoms with Gasteiger partial charge in [0.15, 0.2) is 5.82 Å². The maximum absolute atomic E-state index is 13.1. The fraction of sp³-hybridized carbons (Fsp3) is 0.478. The van der Waals surface area contributed by atoms with E-state index >= 15 is 0 Å². The zero-order chi connectivity index (χ0) is 22.7. The van der Waals surface area contributed by atoms with Crippen LogP contribution in [0.5, 0.6) is 0 Å². The smallest absolute Gasteiger partial charge is 0.252 e. The van der Waals surface area contributed by atoms with Gasteiger partial charge in [-0.2, -0.15) is 4.98 Å². The first-order valence-electron chi connectivity index (χ1n) is 10.9. The molecule has 0 spiro atoms. The summed E-state index contributed by atoms with van der Waals surface area (Å²) in [4.78, 5) is 31.4. The van der Waals surface area contributed by atoms with Crippen LogP contribution < -0.4 is 5.32 Å². The number of nitrogens with zero attached hydrogens (tertiary/aromatic N) is 3. The Hall–Kier alpha value is -3.20. The van der Waals surface area contributed by atoms with Gasteiger partial charge in [0.2, 0.25) is 11.8 Å². The molecular weight excluding hydrogens is 412 g/mol. The number of hydrogen-bond donors (Lipinski definition) is 1. The fourth-order valence-corrected chi connectivity index (χ4v) is 4.00. The molecule has 9 nitrogen and oxygen atoms in total. The molecule has 1 fully saturated rings. The summed E-state index contributed by atoms with van der Waals surface area (Å²) < 4.78 is 16.3. The lowest BCUT2D eigenvalue weighted by Gasteiger charge is -2.27. The van der Waals surface area contributed by atoms with Crippen LogP contribution in [0.1, 0.15) is 50.6 Å². The van der Waals surface area contributed by atoms with Gasteiger partial charge in [0.1, 0.15) is 24.6 Å². The molecule has 1 N–H and O–H groups in total. The van der Waals surface area contributed by atoms with E-state index in [2.05, 4.69) is 15.5 Å². The van der Waals surface area contributed by atoms with Gasteiger partial charge in [0, 0.05) is 24.4 Å². The topological polar surface area (TPSA) is 111 Å². The number of carbonyl (C=O) groups excluding carboxylic acids is 2. The van der Waals surface area contributed by atoms with Crippen molar-refractivity contribution in [2.75, 3.05) is 13.2 Å². The average molecular weight is 441 g/mol. The van der Waals surface area contributed by atoms with E-state index in [0.29, 0.717) is 36.9 Å². The summed E-state index contributed by atoms with van der Waals surface area (Å²) in [6.45, 7) is 6.28. The van der Waals surface area contributed by atoms with Gasteiger partial charge in [-0.3, -0.25) is 9.59 Å². The number of amides is 2. The number of benzene rings is 1. The lowest BCUT2D eigenvalue weighted by atomic mass is 10.1. The molecule has 0 saturated carbocycles. The van der Waals surface area contributed by atoms with Crippen molar-refractivity contribution in [2.45, 2.75) is 58.2 Å².